The molecule has 0 fully saturated rings. The molecule has 1 aliphatic rings. The Morgan fingerprint density at radius 2 is 1.92 bits per heavy atom. The van der Waals surface area contributed by atoms with Crippen molar-refractivity contribution in [1.29, 1.82) is 0 Å². The van der Waals surface area contributed by atoms with Gasteiger partial charge in [0.2, 0.25) is 0 Å². The van der Waals surface area contributed by atoms with E-state index in [0.29, 0.717) is 11.3 Å². The summed E-state index contributed by atoms with van der Waals surface area (Å²) in [6, 6.07) is 14.0. The summed E-state index contributed by atoms with van der Waals surface area (Å²) in [5, 5.41) is 4.31. The zero-order chi connectivity index (χ0) is 18.1. The fourth-order valence-corrected chi connectivity index (χ4v) is 5.08. The molecule has 1 aromatic heterocycles. The number of benzene rings is 2. The number of anilines is 1. The summed E-state index contributed by atoms with van der Waals surface area (Å²) in [5.41, 5.74) is 2.94. The van der Waals surface area contributed by atoms with Crippen LogP contribution < -0.4 is 5.32 Å². The lowest BCUT2D eigenvalue weighted by Crippen LogP contribution is -2.17. The number of fused-ring (bicyclic) bond motifs is 3. The molecule has 0 spiro atoms. The van der Waals surface area contributed by atoms with E-state index >= 15 is 0 Å². The van der Waals surface area contributed by atoms with Crippen LogP contribution in [0.15, 0.2) is 53.7 Å². The molecule has 1 atom stereocenters. The molecule has 4 rings (SSSR count). The molecule has 0 radical (unpaired) electrons. The van der Waals surface area contributed by atoms with Gasteiger partial charge in [0.25, 0.3) is 0 Å². The molecule has 0 saturated heterocycles. The Bertz CT molecular complexity index is 1050. The Kier molecular flexibility index (Phi) is 4.36. The summed E-state index contributed by atoms with van der Waals surface area (Å²) in [7, 11) is -3.17. The molecule has 26 heavy (non-hydrogen) atoms. The first-order valence-corrected chi connectivity index (χ1v) is 10.5. The van der Waals surface area contributed by atoms with E-state index < -0.39 is 9.84 Å². The highest BCUT2D eigenvalue weighted by Gasteiger charge is 2.29. The van der Waals surface area contributed by atoms with Gasteiger partial charge in [-0.05, 0) is 49.4 Å². The summed E-state index contributed by atoms with van der Waals surface area (Å²) < 4.78 is 24.5. The molecular weight excluding hydrogens is 346 g/mol. The maximum absolute atomic E-state index is 12.2. The second-order valence-corrected chi connectivity index (χ2v) is 8.87. The predicted octanol–water partition coefficient (Wildman–Crippen LogP) is 3.39. The van der Waals surface area contributed by atoms with Crippen molar-refractivity contribution in [2.24, 2.45) is 0 Å². The summed E-state index contributed by atoms with van der Waals surface area (Å²) in [5.74, 6) is 0.892. The third-order valence-corrected chi connectivity index (χ3v) is 6.71. The fraction of sp³-hybridized carbons (Fsp3) is 0.300. The summed E-state index contributed by atoms with van der Waals surface area (Å²) in [6.45, 7) is 2.12. The molecule has 1 N–H and O–H groups in total. The zero-order valence-corrected chi connectivity index (χ0v) is 15.5. The van der Waals surface area contributed by atoms with Crippen molar-refractivity contribution in [3.63, 3.8) is 0 Å². The SMILES string of the molecule is CC(CCc1ccccc1)Nc1ncnc2ccc3c(c12)CCS3(=O)=O. The Morgan fingerprint density at radius 1 is 1.12 bits per heavy atom. The van der Waals surface area contributed by atoms with E-state index in [1.807, 2.05) is 6.07 Å². The van der Waals surface area contributed by atoms with Crippen molar-refractivity contribution >= 4 is 26.6 Å². The highest BCUT2D eigenvalue weighted by atomic mass is 32.2. The first kappa shape index (κ1) is 17.0. The van der Waals surface area contributed by atoms with Crippen molar-refractivity contribution in [1.82, 2.24) is 9.97 Å². The second kappa shape index (κ2) is 6.68. The number of aryl methyl sites for hydroxylation is 2. The first-order chi connectivity index (χ1) is 12.5. The van der Waals surface area contributed by atoms with Gasteiger partial charge in [0, 0.05) is 11.4 Å². The molecule has 2 heterocycles. The quantitative estimate of drug-likeness (QED) is 0.748. The molecule has 0 amide bonds. The summed E-state index contributed by atoms with van der Waals surface area (Å²) >= 11 is 0. The number of aromatic nitrogens is 2. The van der Waals surface area contributed by atoms with Crippen LogP contribution in [0.3, 0.4) is 0 Å². The van der Waals surface area contributed by atoms with Gasteiger partial charge in [-0.1, -0.05) is 30.3 Å². The number of nitrogens with zero attached hydrogens (tertiary/aromatic N) is 2. The smallest absolute Gasteiger partial charge is 0.179 e. The first-order valence-electron chi connectivity index (χ1n) is 8.84. The number of rotatable bonds is 5. The predicted molar refractivity (Wildman–Crippen MR) is 103 cm³/mol. The van der Waals surface area contributed by atoms with Crippen LogP contribution >= 0.6 is 0 Å². The normalized spacial score (nSPS) is 16.3. The lowest BCUT2D eigenvalue weighted by atomic mass is 10.0. The maximum atomic E-state index is 12.2. The molecule has 0 aliphatic carbocycles. The van der Waals surface area contributed by atoms with Gasteiger partial charge in [-0.15, -0.1) is 0 Å². The van der Waals surface area contributed by atoms with Crippen molar-refractivity contribution in [2.45, 2.75) is 37.1 Å². The highest BCUT2D eigenvalue weighted by molar-refractivity contribution is 7.91. The van der Waals surface area contributed by atoms with Crippen molar-refractivity contribution < 1.29 is 8.42 Å². The molecule has 1 unspecified atom stereocenters. The molecule has 1 aliphatic heterocycles. The lowest BCUT2D eigenvalue weighted by Gasteiger charge is -2.17. The molecule has 3 aromatic rings. The Morgan fingerprint density at radius 3 is 2.73 bits per heavy atom. The van der Waals surface area contributed by atoms with Crippen LogP contribution in [0.1, 0.15) is 24.5 Å². The van der Waals surface area contributed by atoms with Gasteiger partial charge in [0.1, 0.15) is 12.1 Å². The Hall–Kier alpha value is -2.47. The molecule has 0 saturated carbocycles. The van der Waals surface area contributed by atoms with E-state index in [0.717, 1.165) is 35.1 Å². The van der Waals surface area contributed by atoms with E-state index in [9.17, 15) is 8.42 Å². The molecular formula is C20H21N3O2S. The Balaban J connectivity index is 1.61. The monoisotopic (exact) mass is 367 g/mol. The van der Waals surface area contributed by atoms with Crippen LogP contribution in [0.4, 0.5) is 5.82 Å². The van der Waals surface area contributed by atoms with Crippen LogP contribution in [-0.4, -0.2) is 30.2 Å². The number of nitrogens with one attached hydrogen (secondary N) is 1. The average Bonchev–Trinajstić information content (AvgIpc) is 2.96. The van der Waals surface area contributed by atoms with Gasteiger partial charge in [-0.25, -0.2) is 18.4 Å². The lowest BCUT2D eigenvalue weighted by molar-refractivity contribution is 0.600. The van der Waals surface area contributed by atoms with E-state index in [1.165, 1.54) is 11.9 Å². The minimum absolute atomic E-state index is 0.166. The third-order valence-electron chi connectivity index (χ3n) is 4.92. The second-order valence-electron chi connectivity index (χ2n) is 6.80. The number of hydrogen-bond donors (Lipinski definition) is 1. The average molecular weight is 367 g/mol. The zero-order valence-electron chi connectivity index (χ0n) is 14.6. The van der Waals surface area contributed by atoms with Gasteiger partial charge < -0.3 is 5.32 Å². The topological polar surface area (TPSA) is 72.0 Å². The van der Waals surface area contributed by atoms with Crippen LogP contribution in [-0.2, 0) is 22.7 Å². The molecule has 134 valence electrons. The molecule has 6 heteroatoms. The van der Waals surface area contributed by atoms with E-state index in [-0.39, 0.29) is 11.8 Å². The standard InChI is InChI=1S/C20H21N3O2S/c1-14(7-8-15-5-3-2-4-6-15)23-20-19-16-11-12-26(24,25)18(16)10-9-17(19)21-13-22-20/h2-6,9-10,13-14H,7-8,11-12H2,1H3,(H,21,22,23). The molecule has 2 aromatic carbocycles. The Labute approximate surface area is 153 Å². The van der Waals surface area contributed by atoms with Crippen LogP contribution in [0, 0.1) is 0 Å². The molecule has 5 nitrogen and oxygen atoms in total. The van der Waals surface area contributed by atoms with Gasteiger partial charge in [-0.3, -0.25) is 0 Å². The van der Waals surface area contributed by atoms with Crippen LogP contribution in [0.5, 0.6) is 0 Å². The van der Waals surface area contributed by atoms with Gasteiger partial charge in [0.15, 0.2) is 9.84 Å². The minimum atomic E-state index is -3.17. The summed E-state index contributed by atoms with van der Waals surface area (Å²) in [4.78, 5) is 9.16. The van der Waals surface area contributed by atoms with E-state index in [2.05, 4.69) is 46.5 Å². The number of sulfone groups is 1. The van der Waals surface area contributed by atoms with Crippen LogP contribution in [0.2, 0.25) is 0 Å². The van der Waals surface area contributed by atoms with Gasteiger partial charge >= 0.3 is 0 Å². The number of hydrogen-bond acceptors (Lipinski definition) is 5. The van der Waals surface area contributed by atoms with E-state index in [4.69, 9.17) is 0 Å². The third kappa shape index (κ3) is 3.17. The van der Waals surface area contributed by atoms with Crippen molar-refractivity contribution in [3.05, 3.63) is 59.9 Å². The van der Waals surface area contributed by atoms with Gasteiger partial charge in [-0.2, -0.15) is 0 Å². The van der Waals surface area contributed by atoms with Crippen molar-refractivity contribution in [3.8, 4) is 0 Å². The largest absolute Gasteiger partial charge is 0.367 e. The molecule has 0 bridgehead atoms. The fourth-order valence-electron chi connectivity index (χ4n) is 3.53. The highest BCUT2D eigenvalue weighted by Crippen LogP contribution is 2.34. The minimum Gasteiger partial charge on any atom is -0.367 e. The van der Waals surface area contributed by atoms with E-state index in [1.54, 1.807) is 12.1 Å². The van der Waals surface area contributed by atoms with Crippen molar-refractivity contribution in [2.75, 3.05) is 11.1 Å². The maximum Gasteiger partial charge on any atom is 0.179 e. The van der Waals surface area contributed by atoms with Gasteiger partial charge in [0.05, 0.1) is 16.2 Å². The summed E-state index contributed by atoms with van der Waals surface area (Å²) in [6.07, 6.45) is 3.99. The van der Waals surface area contributed by atoms with Crippen LogP contribution in [0.25, 0.3) is 10.9 Å².